The Hall–Kier alpha value is -0.870. The van der Waals surface area contributed by atoms with Crippen molar-refractivity contribution in [2.24, 2.45) is 0 Å². The Kier molecular flexibility index (Phi) is 4.29. The second-order valence-corrected chi connectivity index (χ2v) is 4.95. The third-order valence-electron chi connectivity index (χ3n) is 1.95. The number of halogens is 1. The van der Waals surface area contributed by atoms with Gasteiger partial charge in [0, 0.05) is 6.42 Å². The third kappa shape index (κ3) is 3.64. The van der Waals surface area contributed by atoms with Crippen LogP contribution in [0, 0.1) is 0 Å². The molecule has 0 saturated heterocycles. The molecule has 0 aliphatic carbocycles. The molecule has 1 aromatic rings. The zero-order valence-electron chi connectivity index (χ0n) is 8.25. The molecule has 1 heterocycles. The van der Waals surface area contributed by atoms with Crippen LogP contribution in [0.3, 0.4) is 0 Å². The first-order valence-electron chi connectivity index (χ1n) is 4.51. The number of carbonyl (C=O) groups excluding carboxylic acids is 1. The summed E-state index contributed by atoms with van der Waals surface area (Å²) in [7, 11) is 0. The fourth-order valence-electron chi connectivity index (χ4n) is 1.29. The highest BCUT2D eigenvalue weighted by Gasteiger charge is 2.14. The monoisotopic (exact) mass is 246 g/mol. The predicted molar refractivity (Wildman–Crippen MR) is 59.9 cm³/mol. The molecule has 15 heavy (non-hydrogen) atoms. The van der Waals surface area contributed by atoms with E-state index in [0.29, 0.717) is 23.6 Å². The van der Waals surface area contributed by atoms with Gasteiger partial charge in [0.1, 0.15) is 10.7 Å². The molecule has 0 atom stereocenters. The van der Waals surface area contributed by atoms with E-state index in [9.17, 15) is 9.59 Å². The lowest BCUT2D eigenvalue weighted by molar-refractivity contribution is -0.117. The molecular weight excluding hydrogens is 236 g/mol. The maximum atomic E-state index is 10.8. The molecule has 1 aromatic heterocycles. The Morgan fingerprint density at radius 3 is 2.73 bits per heavy atom. The lowest BCUT2D eigenvalue weighted by Crippen LogP contribution is -1.98. The standard InChI is InChI=1S/C10H11ClO3S/c1-6(12)3-2-4-7-5-8(11)15-9(7)10(13)14/h5H,2-4H2,1H3,(H,13,14). The Morgan fingerprint density at radius 2 is 2.20 bits per heavy atom. The number of ketones is 1. The van der Waals surface area contributed by atoms with Gasteiger partial charge in [-0.05, 0) is 31.4 Å². The largest absolute Gasteiger partial charge is 0.477 e. The lowest BCUT2D eigenvalue weighted by atomic mass is 10.1. The van der Waals surface area contributed by atoms with Gasteiger partial charge in [-0.1, -0.05) is 11.6 Å². The Balaban J connectivity index is 2.67. The molecule has 5 heteroatoms. The average Bonchev–Trinajstić information content (AvgIpc) is 2.46. The van der Waals surface area contributed by atoms with E-state index >= 15 is 0 Å². The summed E-state index contributed by atoms with van der Waals surface area (Å²) >= 11 is 6.80. The van der Waals surface area contributed by atoms with Crippen molar-refractivity contribution in [3.05, 3.63) is 20.8 Å². The fraction of sp³-hybridized carbons (Fsp3) is 0.400. The van der Waals surface area contributed by atoms with Crippen LogP contribution in [0.15, 0.2) is 6.07 Å². The number of carboxylic acid groups (broad SMARTS) is 1. The van der Waals surface area contributed by atoms with Crippen LogP contribution in [-0.2, 0) is 11.2 Å². The van der Waals surface area contributed by atoms with Crippen LogP contribution in [0.2, 0.25) is 4.34 Å². The number of Topliss-reactive ketones (excluding diaryl/α,β-unsaturated/α-hetero) is 1. The molecule has 0 radical (unpaired) electrons. The predicted octanol–water partition coefficient (Wildman–Crippen LogP) is 3.01. The van der Waals surface area contributed by atoms with Crippen molar-refractivity contribution in [1.29, 1.82) is 0 Å². The Morgan fingerprint density at radius 1 is 1.53 bits per heavy atom. The summed E-state index contributed by atoms with van der Waals surface area (Å²) < 4.78 is 0.477. The van der Waals surface area contributed by atoms with Gasteiger partial charge in [0.2, 0.25) is 0 Å². The van der Waals surface area contributed by atoms with Crippen LogP contribution in [0.5, 0.6) is 0 Å². The summed E-state index contributed by atoms with van der Waals surface area (Å²) in [6.45, 7) is 1.53. The molecule has 3 nitrogen and oxygen atoms in total. The first-order valence-corrected chi connectivity index (χ1v) is 5.71. The van der Waals surface area contributed by atoms with Gasteiger partial charge in [-0.3, -0.25) is 0 Å². The molecule has 0 fully saturated rings. The zero-order valence-corrected chi connectivity index (χ0v) is 9.82. The molecule has 0 aliphatic rings. The molecule has 0 aliphatic heterocycles. The quantitative estimate of drug-likeness (QED) is 0.869. The van der Waals surface area contributed by atoms with E-state index in [1.54, 1.807) is 6.07 Å². The highest BCUT2D eigenvalue weighted by Crippen LogP contribution is 2.27. The van der Waals surface area contributed by atoms with Gasteiger partial charge in [0.05, 0.1) is 4.34 Å². The van der Waals surface area contributed by atoms with Crippen LogP contribution < -0.4 is 0 Å². The van der Waals surface area contributed by atoms with Gasteiger partial charge in [-0.15, -0.1) is 11.3 Å². The van der Waals surface area contributed by atoms with Gasteiger partial charge >= 0.3 is 5.97 Å². The first kappa shape index (κ1) is 12.2. The SMILES string of the molecule is CC(=O)CCCc1cc(Cl)sc1C(=O)O. The van der Waals surface area contributed by atoms with Crippen molar-refractivity contribution in [3.8, 4) is 0 Å². The van der Waals surface area contributed by atoms with Crippen LogP contribution in [-0.4, -0.2) is 16.9 Å². The van der Waals surface area contributed by atoms with Crippen LogP contribution in [0.1, 0.15) is 35.0 Å². The second-order valence-electron chi connectivity index (χ2n) is 3.27. The van der Waals surface area contributed by atoms with Gasteiger partial charge in [0.15, 0.2) is 0 Å². The van der Waals surface area contributed by atoms with Crippen LogP contribution >= 0.6 is 22.9 Å². The van der Waals surface area contributed by atoms with Gasteiger partial charge in [0.25, 0.3) is 0 Å². The van der Waals surface area contributed by atoms with Crippen molar-refractivity contribution in [2.75, 3.05) is 0 Å². The van der Waals surface area contributed by atoms with Crippen molar-refractivity contribution in [1.82, 2.24) is 0 Å². The number of thiophene rings is 1. The van der Waals surface area contributed by atoms with E-state index in [-0.39, 0.29) is 10.7 Å². The minimum absolute atomic E-state index is 0.119. The summed E-state index contributed by atoms with van der Waals surface area (Å²) in [6.07, 6.45) is 1.74. The first-order chi connectivity index (χ1) is 7.00. The second kappa shape index (κ2) is 5.28. The van der Waals surface area contributed by atoms with Crippen molar-refractivity contribution >= 4 is 34.7 Å². The number of rotatable bonds is 5. The summed E-state index contributed by atoms with van der Waals surface area (Å²) in [4.78, 5) is 21.8. The number of aromatic carboxylic acids is 1. The van der Waals surface area contributed by atoms with Gasteiger partial charge in [-0.2, -0.15) is 0 Å². The van der Waals surface area contributed by atoms with E-state index in [1.165, 1.54) is 6.92 Å². The van der Waals surface area contributed by atoms with E-state index < -0.39 is 5.97 Å². The lowest BCUT2D eigenvalue weighted by Gasteiger charge is -1.98. The molecule has 0 unspecified atom stereocenters. The van der Waals surface area contributed by atoms with Crippen LogP contribution in [0.4, 0.5) is 0 Å². The minimum Gasteiger partial charge on any atom is -0.477 e. The van der Waals surface area contributed by atoms with Crippen molar-refractivity contribution < 1.29 is 14.7 Å². The summed E-state index contributed by atoms with van der Waals surface area (Å²) in [5, 5.41) is 8.87. The Bertz CT molecular complexity index is 384. The van der Waals surface area contributed by atoms with E-state index in [0.717, 1.165) is 16.9 Å². The number of carboxylic acids is 1. The summed E-state index contributed by atoms with van der Waals surface area (Å²) in [5.74, 6) is -0.835. The summed E-state index contributed by atoms with van der Waals surface area (Å²) in [5.41, 5.74) is 0.721. The smallest absolute Gasteiger partial charge is 0.346 e. The van der Waals surface area contributed by atoms with E-state index in [1.807, 2.05) is 0 Å². The molecule has 1 rings (SSSR count). The highest BCUT2D eigenvalue weighted by atomic mass is 35.5. The topological polar surface area (TPSA) is 54.4 Å². The van der Waals surface area contributed by atoms with Gasteiger partial charge < -0.3 is 9.90 Å². The molecule has 0 spiro atoms. The molecule has 0 bridgehead atoms. The maximum absolute atomic E-state index is 10.8. The number of hydrogen-bond acceptors (Lipinski definition) is 3. The zero-order chi connectivity index (χ0) is 11.4. The van der Waals surface area contributed by atoms with Crippen molar-refractivity contribution in [3.63, 3.8) is 0 Å². The molecule has 0 aromatic carbocycles. The van der Waals surface area contributed by atoms with Crippen molar-refractivity contribution in [2.45, 2.75) is 26.2 Å². The molecule has 82 valence electrons. The van der Waals surface area contributed by atoms with Crippen LogP contribution in [0.25, 0.3) is 0 Å². The highest BCUT2D eigenvalue weighted by molar-refractivity contribution is 7.18. The number of aryl methyl sites for hydroxylation is 1. The Labute approximate surface area is 96.7 Å². The number of carbonyl (C=O) groups is 2. The molecular formula is C10H11ClO3S. The average molecular weight is 247 g/mol. The normalized spacial score (nSPS) is 10.3. The molecule has 0 saturated carbocycles. The fourth-order valence-corrected chi connectivity index (χ4v) is 2.43. The molecule has 0 amide bonds. The van der Waals surface area contributed by atoms with Gasteiger partial charge in [-0.25, -0.2) is 4.79 Å². The summed E-state index contributed by atoms with van der Waals surface area (Å²) in [6, 6.07) is 1.66. The van der Waals surface area contributed by atoms with E-state index in [4.69, 9.17) is 16.7 Å². The number of hydrogen-bond donors (Lipinski definition) is 1. The van der Waals surface area contributed by atoms with E-state index in [2.05, 4.69) is 0 Å². The molecule has 1 N–H and O–H groups in total. The third-order valence-corrected chi connectivity index (χ3v) is 3.24. The maximum Gasteiger partial charge on any atom is 0.346 e. The minimum atomic E-state index is -0.954.